The van der Waals surface area contributed by atoms with E-state index in [2.05, 4.69) is 75.0 Å². The molecule has 1 aliphatic heterocycles. The van der Waals surface area contributed by atoms with E-state index in [9.17, 15) is 17.6 Å². The van der Waals surface area contributed by atoms with Crippen LogP contribution in [0.2, 0.25) is 0 Å². The summed E-state index contributed by atoms with van der Waals surface area (Å²) in [6.07, 6.45) is 17.6. The lowest BCUT2D eigenvalue weighted by Gasteiger charge is -2.29. The molecule has 0 bridgehead atoms. The normalized spacial score (nSPS) is 13.4. The van der Waals surface area contributed by atoms with Crippen molar-refractivity contribution in [2.75, 3.05) is 20.8 Å². The van der Waals surface area contributed by atoms with Gasteiger partial charge in [0.1, 0.15) is 29.6 Å². The number of alkyl halides is 2. The van der Waals surface area contributed by atoms with Gasteiger partial charge in [-0.05, 0) is 88.4 Å². The fourth-order valence-electron chi connectivity index (χ4n) is 6.19. The SMILES string of the molecule is CCCCCCCCI.CCCCCCCCN1c2ccccc2N(c2ccc(F)cc2F)C1I.Fc1ccc(-n2cnc3ccccc32)c(F)c1. The van der Waals surface area contributed by atoms with Crippen molar-refractivity contribution >= 4 is 73.3 Å². The van der Waals surface area contributed by atoms with Gasteiger partial charge >= 0.3 is 0 Å². The third-order valence-corrected chi connectivity index (χ3v) is 10.9. The number of para-hydroxylation sites is 4. The summed E-state index contributed by atoms with van der Waals surface area (Å²) in [5, 5.41) is 0. The number of rotatable bonds is 15. The minimum absolute atomic E-state index is 0.0272. The molecule has 1 aliphatic rings. The Morgan fingerprint density at radius 3 is 1.75 bits per heavy atom. The largest absolute Gasteiger partial charge is 0.341 e. The van der Waals surface area contributed by atoms with E-state index in [-0.39, 0.29) is 4.17 Å². The van der Waals surface area contributed by atoms with Crippen molar-refractivity contribution in [1.29, 1.82) is 0 Å². The van der Waals surface area contributed by atoms with E-state index in [0.29, 0.717) is 11.4 Å². The first-order valence-electron chi connectivity index (χ1n) is 18.5. The molecule has 4 aromatic carbocycles. The Morgan fingerprint density at radius 2 is 1.13 bits per heavy atom. The van der Waals surface area contributed by atoms with Crippen molar-refractivity contribution in [2.24, 2.45) is 0 Å². The molecule has 52 heavy (non-hydrogen) atoms. The predicted molar refractivity (Wildman–Crippen MR) is 227 cm³/mol. The smallest absolute Gasteiger partial charge is 0.159 e. The van der Waals surface area contributed by atoms with Crippen molar-refractivity contribution in [3.05, 3.63) is 115 Å². The summed E-state index contributed by atoms with van der Waals surface area (Å²) in [6.45, 7) is 5.43. The number of fused-ring (bicyclic) bond motifs is 2. The molecule has 0 radical (unpaired) electrons. The first-order valence-corrected chi connectivity index (χ1v) is 21.2. The average Bonchev–Trinajstić information content (AvgIpc) is 3.69. The lowest BCUT2D eigenvalue weighted by atomic mass is 10.1. The summed E-state index contributed by atoms with van der Waals surface area (Å²) in [5.74, 6) is -2.26. The monoisotopic (exact) mass is 940 g/mol. The van der Waals surface area contributed by atoms with Crippen LogP contribution in [0.3, 0.4) is 0 Å². The molecule has 1 aromatic heterocycles. The zero-order valence-corrected chi connectivity index (χ0v) is 34.5. The number of hydrogen-bond donors (Lipinski definition) is 0. The van der Waals surface area contributed by atoms with Gasteiger partial charge in [-0.3, -0.25) is 4.57 Å². The van der Waals surface area contributed by atoms with Crippen molar-refractivity contribution < 1.29 is 17.6 Å². The van der Waals surface area contributed by atoms with E-state index in [1.807, 2.05) is 47.4 Å². The highest BCUT2D eigenvalue weighted by molar-refractivity contribution is 14.1. The molecule has 0 fully saturated rings. The lowest BCUT2D eigenvalue weighted by molar-refractivity contribution is 0.578. The number of halogens is 6. The molecule has 0 saturated heterocycles. The second-order valence-electron chi connectivity index (χ2n) is 12.9. The van der Waals surface area contributed by atoms with Crippen LogP contribution in [0.25, 0.3) is 16.7 Å². The third-order valence-electron chi connectivity index (χ3n) is 8.95. The molecule has 0 aliphatic carbocycles. The average molecular weight is 941 g/mol. The second-order valence-corrected chi connectivity index (χ2v) is 15.1. The van der Waals surface area contributed by atoms with E-state index >= 15 is 0 Å². The number of nitrogens with zero attached hydrogens (tertiary/aromatic N) is 4. The number of hydrogen-bond acceptors (Lipinski definition) is 3. The molecule has 2 heterocycles. The molecule has 0 amide bonds. The van der Waals surface area contributed by atoms with E-state index in [4.69, 9.17) is 0 Å². The second kappa shape index (κ2) is 22.4. The zero-order chi connectivity index (χ0) is 37.3. The van der Waals surface area contributed by atoms with Gasteiger partial charge in [0.2, 0.25) is 0 Å². The molecule has 10 heteroatoms. The van der Waals surface area contributed by atoms with Crippen molar-refractivity contribution in [3.63, 3.8) is 0 Å². The minimum atomic E-state index is -0.604. The fourth-order valence-corrected chi connectivity index (χ4v) is 7.91. The highest BCUT2D eigenvalue weighted by atomic mass is 127. The maximum absolute atomic E-state index is 14.4. The van der Waals surface area contributed by atoms with Crippen molar-refractivity contribution in [1.82, 2.24) is 9.55 Å². The Balaban J connectivity index is 0.000000199. The molecule has 0 N–H and O–H groups in total. The Kier molecular flexibility index (Phi) is 18.0. The molecule has 280 valence electrons. The molecule has 0 saturated carbocycles. The van der Waals surface area contributed by atoms with Crippen LogP contribution in [0.5, 0.6) is 0 Å². The van der Waals surface area contributed by atoms with E-state index in [1.165, 1.54) is 106 Å². The summed E-state index contributed by atoms with van der Waals surface area (Å²) in [6, 6.07) is 22.8. The minimum Gasteiger partial charge on any atom is -0.341 e. The van der Waals surface area contributed by atoms with E-state index < -0.39 is 23.3 Å². The highest BCUT2D eigenvalue weighted by Gasteiger charge is 2.35. The zero-order valence-electron chi connectivity index (χ0n) is 30.2. The quantitative estimate of drug-likeness (QED) is 0.0344. The summed E-state index contributed by atoms with van der Waals surface area (Å²) in [7, 11) is 0. The molecule has 6 rings (SSSR count). The van der Waals surface area contributed by atoms with Gasteiger partial charge in [-0.15, -0.1) is 0 Å². The Morgan fingerprint density at radius 1 is 0.596 bits per heavy atom. The van der Waals surface area contributed by atoms with Gasteiger partial charge in [0.25, 0.3) is 0 Å². The Labute approximate surface area is 334 Å². The van der Waals surface area contributed by atoms with Crippen LogP contribution in [0.4, 0.5) is 34.6 Å². The van der Waals surface area contributed by atoms with Crippen LogP contribution < -0.4 is 9.80 Å². The lowest BCUT2D eigenvalue weighted by Crippen LogP contribution is -2.36. The fraction of sp³-hybridized carbons (Fsp3) is 0.405. The molecule has 5 aromatic rings. The van der Waals surface area contributed by atoms with Crippen LogP contribution >= 0.6 is 45.2 Å². The first kappa shape index (κ1) is 41.9. The molecule has 1 atom stereocenters. The standard InChI is InChI=1S/C21H25F2IN2.C13H8F2N2.C8H17I/c1-2-3-4-5-6-9-14-25-19-10-7-8-11-20(19)26(21(25)24)18-13-12-16(22)15-17(18)23;14-9-5-6-12(10(15)7-9)17-8-16-11-3-1-2-4-13(11)17;1-2-3-4-5-6-7-8-9/h7-8,10-13,15,21H,2-6,9,14H2,1H3;1-8H;2-8H2,1H3. The van der Waals surface area contributed by atoms with Gasteiger partial charge in [0.15, 0.2) is 4.17 Å². The summed E-state index contributed by atoms with van der Waals surface area (Å²) < 4.78 is 57.1. The van der Waals surface area contributed by atoms with Crippen LogP contribution in [0, 0.1) is 23.3 Å². The summed E-state index contributed by atoms with van der Waals surface area (Å²) in [5.41, 5.74) is 4.37. The number of unbranched alkanes of at least 4 members (excludes halogenated alkanes) is 10. The van der Waals surface area contributed by atoms with E-state index in [0.717, 1.165) is 47.5 Å². The van der Waals surface area contributed by atoms with Gasteiger partial charge in [-0.1, -0.05) is 125 Å². The van der Waals surface area contributed by atoms with Crippen molar-refractivity contribution in [2.45, 2.75) is 95.1 Å². The molecular formula is C42H50F4I2N4. The van der Waals surface area contributed by atoms with Crippen LogP contribution in [0.15, 0.2) is 91.3 Å². The van der Waals surface area contributed by atoms with Gasteiger partial charge in [-0.25, -0.2) is 22.5 Å². The maximum atomic E-state index is 14.4. The number of benzene rings is 4. The highest BCUT2D eigenvalue weighted by Crippen LogP contribution is 2.46. The van der Waals surface area contributed by atoms with Gasteiger partial charge < -0.3 is 9.80 Å². The topological polar surface area (TPSA) is 24.3 Å². The van der Waals surface area contributed by atoms with Crippen LogP contribution in [-0.4, -0.2) is 24.7 Å². The Hall–Kier alpha value is -2.87. The van der Waals surface area contributed by atoms with Gasteiger partial charge in [-0.2, -0.15) is 0 Å². The van der Waals surface area contributed by atoms with Crippen LogP contribution in [-0.2, 0) is 0 Å². The molecular weight excluding hydrogens is 890 g/mol. The third kappa shape index (κ3) is 11.8. The molecule has 4 nitrogen and oxygen atoms in total. The number of imidazole rings is 1. The molecule has 0 spiro atoms. The summed E-state index contributed by atoms with van der Waals surface area (Å²) in [4.78, 5) is 8.44. The van der Waals surface area contributed by atoms with Crippen LogP contribution in [0.1, 0.15) is 90.9 Å². The summed E-state index contributed by atoms with van der Waals surface area (Å²) >= 11 is 4.79. The Bertz CT molecular complexity index is 1790. The van der Waals surface area contributed by atoms with Crippen molar-refractivity contribution in [3.8, 4) is 5.69 Å². The number of aromatic nitrogens is 2. The van der Waals surface area contributed by atoms with E-state index in [1.54, 1.807) is 4.57 Å². The van der Waals surface area contributed by atoms with Gasteiger partial charge in [0, 0.05) is 18.7 Å². The maximum Gasteiger partial charge on any atom is 0.159 e. The molecule has 1 unspecified atom stereocenters. The van der Waals surface area contributed by atoms with Gasteiger partial charge in [0.05, 0.1) is 33.8 Å². The number of anilines is 3. The first-order chi connectivity index (χ1) is 25.3. The predicted octanol–water partition coefficient (Wildman–Crippen LogP) is 14.1.